The van der Waals surface area contributed by atoms with E-state index in [2.05, 4.69) is 25.5 Å². The summed E-state index contributed by atoms with van der Waals surface area (Å²) in [6, 6.07) is 7.27. The second kappa shape index (κ2) is 9.98. The number of nitrogens with one attached hydrogen (secondary N) is 2. The number of thiazole rings is 1. The zero-order valence-electron chi connectivity index (χ0n) is 19.3. The third-order valence-electron chi connectivity index (χ3n) is 5.93. The lowest BCUT2D eigenvalue weighted by atomic mass is 10.1. The number of benzene rings is 1. The molecular formula is C24H26N6O4S. The molecule has 0 saturated carbocycles. The minimum atomic E-state index is -0.349. The van der Waals surface area contributed by atoms with Gasteiger partial charge in [-0.3, -0.25) is 19.5 Å². The Morgan fingerprint density at radius 1 is 1.29 bits per heavy atom. The Balaban J connectivity index is 1.31. The monoisotopic (exact) mass is 494 g/mol. The first kappa shape index (κ1) is 23.2. The average molecular weight is 495 g/mol. The van der Waals surface area contributed by atoms with Crippen LogP contribution in [0, 0.1) is 6.92 Å². The second-order valence-electron chi connectivity index (χ2n) is 8.33. The molecule has 3 aromatic rings. The number of fused-ring (bicyclic) bond motifs is 1. The highest BCUT2D eigenvalue weighted by molar-refractivity contribution is 7.14. The van der Waals surface area contributed by atoms with E-state index in [-0.39, 0.29) is 30.7 Å². The van der Waals surface area contributed by atoms with Gasteiger partial charge in [-0.1, -0.05) is 6.07 Å². The maximum atomic E-state index is 13.0. The lowest BCUT2D eigenvalue weighted by Gasteiger charge is -2.31. The van der Waals surface area contributed by atoms with Crippen molar-refractivity contribution in [3.63, 3.8) is 0 Å². The van der Waals surface area contributed by atoms with Crippen molar-refractivity contribution in [3.8, 4) is 5.75 Å². The van der Waals surface area contributed by atoms with Gasteiger partial charge in [0.2, 0.25) is 0 Å². The number of aryl methyl sites for hydroxylation is 1. The Kier molecular flexibility index (Phi) is 6.62. The molecule has 2 aliphatic heterocycles. The summed E-state index contributed by atoms with van der Waals surface area (Å²) < 4.78 is 5.42. The van der Waals surface area contributed by atoms with Crippen molar-refractivity contribution < 1.29 is 19.4 Å². The van der Waals surface area contributed by atoms with Gasteiger partial charge in [0.05, 0.1) is 30.7 Å². The van der Waals surface area contributed by atoms with Crippen LogP contribution < -0.4 is 25.2 Å². The number of aliphatic hydroxyl groups is 1. The standard InChI is InChI=1S/C24H26N6O4S/c1-15-10-21(29-6-4-25-5-7-29)19(12-26-15)27-22(32)20-14-35-24(28-20)30-13-16-2-3-17(34-9-8-31)11-18(16)23(30)33/h2-3,10-12,14,25,31H,4-9,13H2,1H3,(H,27,32). The fraction of sp³-hybridized carbons (Fsp3) is 0.333. The molecule has 0 bridgehead atoms. The van der Waals surface area contributed by atoms with Crippen molar-refractivity contribution in [1.29, 1.82) is 0 Å². The highest BCUT2D eigenvalue weighted by Crippen LogP contribution is 2.33. The van der Waals surface area contributed by atoms with Gasteiger partial charge in [0.15, 0.2) is 5.13 Å². The van der Waals surface area contributed by atoms with Crippen LogP contribution in [0.3, 0.4) is 0 Å². The molecule has 1 fully saturated rings. The number of hydrogen-bond donors (Lipinski definition) is 3. The number of hydrogen-bond acceptors (Lipinski definition) is 9. The lowest BCUT2D eigenvalue weighted by molar-refractivity contribution is 0.0991. The Morgan fingerprint density at radius 3 is 2.91 bits per heavy atom. The van der Waals surface area contributed by atoms with Crippen LogP contribution in [0.4, 0.5) is 16.5 Å². The smallest absolute Gasteiger partial charge is 0.275 e. The van der Waals surface area contributed by atoms with E-state index in [9.17, 15) is 9.59 Å². The first-order valence-electron chi connectivity index (χ1n) is 11.4. The third-order valence-corrected chi connectivity index (χ3v) is 6.79. The number of carbonyl (C=O) groups excluding carboxylic acids is 2. The number of aliphatic hydroxyl groups excluding tert-OH is 1. The molecule has 10 nitrogen and oxygen atoms in total. The Morgan fingerprint density at radius 2 is 2.11 bits per heavy atom. The molecule has 2 amide bonds. The molecular weight excluding hydrogens is 468 g/mol. The summed E-state index contributed by atoms with van der Waals surface area (Å²) in [5.41, 5.74) is 4.09. The molecule has 0 aliphatic carbocycles. The molecule has 1 saturated heterocycles. The van der Waals surface area contributed by atoms with Crippen LogP contribution in [-0.2, 0) is 6.54 Å². The van der Waals surface area contributed by atoms with Crippen LogP contribution in [0.2, 0.25) is 0 Å². The Hall–Kier alpha value is -3.54. The van der Waals surface area contributed by atoms with Gasteiger partial charge < -0.3 is 25.4 Å². The van der Waals surface area contributed by atoms with Crippen molar-refractivity contribution in [2.45, 2.75) is 13.5 Å². The van der Waals surface area contributed by atoms with E-state index >= 15 is 0 Å². The molecule has 0 unspecified atom stereocenters. The van der Waals surface area contributed by atoms with Crippen LogP contribution in [0.15, 0.2) is 35.8 Å². The largest absolute Gasteiger partial charge is 0.491 e. The summed E-state index contributed by atoms with van der Waals surface area (Å²) in [6.07, 6.45) is 1.68. The molecule has 5 rings (SSSR count). The first-order valence-corrected chi connectivity index (χ1v) is 12.3. The van der Waals surface area contributed by atoms with Crippen molar-refractivity contribution in [2.75, 3.05) is 54.5 Å². The highest BCUT2D eigenvalue weighted by Gasteiger charge is 2.31. The van der Waals surface area contributed by atoms with Gasteiger partial charge in [-0.25, -0.2) is 4.98 Å². The van der Waals surface area contributed by atoms with Crippen molar-refractivity contribution in [2.24, 2.45) is 0 Å². The topological polar surface area (TPSA) is 120 Å². The maximum Gasteiger partial charge on any atom is 0.275 e. The van der Waals surface area contributed by atoms with Crippen LogP contribution in [-0.4, -0.2) is 66.3 Å². The van der Waals surface area contributed by atoms with E-state index in [1.165, 1.54) is 11.3 Å². The first-order chi connectivity index (χ1) is 17.0. The quantitative estimate of drug-likeness (QED) is 0.457. The zero-order chi connectivity index (χ0) is 24.4. The van der Waals surface area contributed by atoms with Crippen molar-refractivity contribution in [1.82, 2.24) is 15.3 Å². The number of rotatable bonds is 7. The van der Waals surface area contributed by atoms with E-state index in [1.807, 2.05) is 19.1 Å². The summed E-state index contributed by atoms with van der Waals surface area (Å²) in [4.78, 5) is 38.7. The van der Waals surface area contributed by atoms with Gasteiger partial charge in [-0.15, -0.1) is 11.3 Å². The zero-order valence-corrected chi connectivity index (χ0v) is 20.1. The summed E-state index contributed by atoms with van der Waals surface area (Å²) in [5.74, 6) is -0.0166. The van der Waals surface area contributed by atoms with Crippen LogP contribution in [0.1, 0.15) is 32.1 Å². The molecule has 0 spiro atoms. The van der Waals surface area contributed by atoms with E-state index in [0.29, 0.717) is 28.7 Å². The molecule has 0 radical (unpaired) electrons. The molecule has 182 valence electrons. The van der Waals surface area contributed by atoms with Crippen molar-refractivity contribution >= 4 is 39.7 Å². The minimum Gasteiger partial charge on any atom is -0.491 e. The van der Waals surface area contributed by atoms with Gasteiger partial charge in [0, 0.05) is 42.8 Å². The Bertz CT molecular complexity index is 1260. The maximum absolute atomic E-state index is 13.0. The van der Waals surface area contributed by atoms with E-state index in [1.54, 1.807) is 28.6 Å². The summed E-state index contributed by atoms with van der Waals surface area (Å²) in [6.45, 7) is 5.81. The van der Waals surface area contributed by atoms with E-state index < -0.39 is 0 Å². The van der Waals surface area contributed by atoms with Crippen LogP contribution in [0.5, 0.6) is 5.75 Å². The minimum absolute atomic E-state index is 0.101. The highest BCUT2D eigenvalue weighted by atomic mass is 32.1. The number of amides is 2. The molecule has 2 aromatic heterocycles. The molecule has 11 heteroatoms. The number of ether oxygens (including phenoxy) is 1. The van der Waals surface area contributed by atoms with Crippen LogP contribution >= 0.6 is 11.3 Å². The molecule has 4 heterocycles. The Labute approximate surface area is 206 Å². The predicted molar refractivity (Wildman–Crippen MR) is 134 cm³/mol. The van der Waals surface area contributed by atoms with Gasteiger partial charge in [0.1, 0.15) is 18.1 Å². The van der Waals surface area contributed by atoms with Gasteiger partial charge >= 0.3 is 0 Å². The second-order valence-corrected chi connectivity index (χ2v) is 9.17. The van der Waals surface area contributed by atoms with E-state index in [0.717, 1.165) is 43.1 Å². The van der Waals surface area contributed by atoms with E-state index in [4.69, 9.17) is 9.84 Å². The van der Waals surface area contributed by atoms with Gasteiger partial charge in [-0.05, 0) is 30.7 Å². The fourth-order valence-electron chi connectivity index (χ4n) is 4.18. The van der Waals surface area contributed by atoms with Gasteiger partial charge in [0.25, 0.3) is 11.8 Å². The summed E-state index contributed by atoms with van der Waals surface area (Å²) in [5, 5.41) is 17.3. The number of carbonyl (C=O) groups is 2. The SMILES string of the molecule is Cc1cc(N2CCNCC2)c(NC(=O)c2csc(N3Cc4ccc(OCCO)cc4C3=O)n2)cn1. The molecule has 0 atom stereocenters. The molecule has 1 aromatic carbocycles. The van der Waals surface area contributed by atoms with Crippen LogP contribution in [0.25, 0.3) is 0 Å². The molecule has 2 aliphatic rings. The number of nitrogens with zero attached hydrogens (tertiary/aromatic N) is 4. The predicted octanol–water partition coefficient (Wildman–Crippen LogP) is 2.04. The third kappa shape index (κ3) is 4.83. The summed E-state index contributed by atoms with van der Waals surface area (Å²) >= 11 is 1.25. The average Bonchev–Trinajstić information content (AvgIpc) is 3.49. The number of pyridine rings is 1. The number of piperazine rings is 1. The van der Waals surface area contributed by atoms with Crippen molar-refractivity contribution in [3.05, 3.63) is 58.4 Å². The lowest BCUT2D eigenvalue weighted by Crippen LogP contribution is -2.43. The molecule has 3 N–H and O–H groups in total. The normalized spacial score (nSPS) is 15.3. The fourth-order valence-corrected chi connectivity index (χ4v) is 4.98. The number of aromatic nitrogens is 2. The molecule has 35 heavy (non-hydrogen) atoms. The number of anilines is 3. The summed E-state index contributed by atoms with van der Waals surface area (Å²) in [7, 11) is 0. The van der Waals surface area contributed by atoms with Gasteiger partial charge in [-0.2, -0.15) is 0 Å².